The maximum atomic E-state index is 11.3. The summed E-state index contributed by atoms with van der Waals surface area (Å²) in [4.78, 5) is 11.3. The van der Waals surface area contributed by atoms with Crippen LogP contribution in [-0.4, -0.2) is 12.6 Å². The molecule has 0 saturated heterocycles. The van der Waals surface area contributed by atoms with Crippen LogP contribution in [0.3, 0.4) is 0 Å². The largest absolute Gasteiger partial charge is 0.466 e. The molecule has 1 saturated carbocycles. The summed E-state index contributed by atoms with van der Waals surface area (Å²) in [5, 5.41) is 9.07. The van der Waals surface area contributed by atoms with Crippen molar-refractivity contribution in [1.82, 2.24) is 0 Å². The number of ether oxygens (including phenoxy) is 1. The Kier molecular flexibility index (Phi) is 6.58. The fraction of sp³-hybridized carbons (Fsp3) is 0.391. The van der Waals surface area contributed by atoms with Crippen LogP contribution >= 0.6 is 0 Å². The van der Waals surface area contributed by atoms with E-state index < -0.39 is 0 Å². The van der Waals surface area contributed by atoms with E-state index >= 15 is 0 Å². The molecule has 0 amide bonds. The molecule has 0 aliphatic heterocycles. The van der Waals surface area contributed by atoms with Crippen LogP contribution in [0.25, 0.3) is 0 Å². The normalized spacial score (nSPS) is 13.8. The number of aryl methyl sites for hydroxylation is 3. The second-order valence-corrected chi connectivity index (χ2v) is 7.04. The van der Waals surface area contributed by atoms with Crippen LogP contribution in [0.2, 0.25) is 0 Å². The number of nitrogens with zero attached hydrogens (tertiary/aromatic N) is 1. The molecular weight excluding hydrogens is 322 g/mol. The van der Waals surface area contributed by atoms with Gasteiger partial charge in [0.2, 0.25) is 0 Å². The first kappa shape index (κ1) is 19.7. The lowest BCUT2D eigenvalue weighted by Gasteiger charge is -2.07. The van der Waals surface area contributed by atoms with Crippen molar-refractivity contribution in [3.05, 3.63) is 70.3 Å². The standard InChI is InChI=1S/C14H15NO2.C9H12/c1-2-17-13(16)9-11-3-5-12(6-4-11)14(10-15)7-8-14;1-7-4-8(2)6-9(3)5-7/h3-6H,2,7-9H2,1H3;4-6H,1-3H3. The zero-order valence-corrected chi connectivity index (χ0v) is 16.1. The summed E-state index contributed by atoms with van der Waals surface area (Å²) in [6.07, 6.45) is 2.19. The number of esters is 1. The zero-order chi connectivity index (χ0) is 19.2. The predicted octanol–water partition coefficient (Wildman–Crippen LogP) is 4.96. The van der Waals surface area contributed by atoms with Crippen molar-refractivity contribution >= 4 is 5.97 Å². The molecule has 1 aliphatic carbocycles. The number of hydrogen-bond donors (Lipinski definition) is 0. The van der Waals surface area contributed by atoms with Crippen molar-refractivity contribution in [2.45, 2.75) is 52.4 Å². The maximum absolute atomic E-state index is 11.3. The smallest absolute Gasteiger partial charge is 0.310 e. The number of carbonyl (C=O) groups is 1. The highest BCUT2D eigenvalue weighted by Gasteiger charge is 2.44. The molecule has 0 bridgehead atoms. The molecule has 0 aromatic heterocycles. The van der Waals surface area contributed by atoms with Crippen molar-refractivity contribution in [3.63, 3.8) is 0 Å². The maximum Gasteiger partial charge on any atom is 0.310 e. The quantitative estimate of drug-likeness (QED) is 0.733. The SMILES string of the molecule is CCOC(=O)Cc1ccc(C2(C#N)CC2)cc1.Cc1cc(C)cc(C)c1. The summed E-state index contributed by atoms with van der Waals surface area (Å²) >= 11 is 0. The molecule has 2 aromatic carbocycles. The van der Waals surface area contributed by atoms with Crippen molar-refractivity contribution in [1.29, 1.82) is 5.26 Å². The molecule has 136 valence electrons. The molecule has 1 fully saturated rings. The fourth-order valence-electron chi connectivity index (χ4n) is 3.11. The molecule has 3 rings (SSSR count). The van der Waals surface area contributed by atoms with Gasteiger partial charge in [-0.3, -0.25) is 4.79 Å². The molecule has 2 aromatic rings. The van der Waals surface area contributed by atoms with Gasteiger partial charge >= 0.3 is 5.97 Å². The van der Waals surface area contributed by atoms with Gasteiger partial charge in [-0.15, -0.1) is 0 Å². The van der Waals surface area contributed by atoms with Crippen LogP contribution in [-0.2, 0) is 21.4 Å². The first-order valence-corrected chi connectivity index (χ1v) is 9.10. The first-order valence-electron chi connectivity index (χ1n) is 9.10. The second-order valence-electron chi connectivity index (χ2n) is 7.04. The van der Waals surface area contributed by atoms with E-state index in [1.165, 1.54) is 16.7 Å². The van der Waals surface area contributed by atoms with Gasteiger partial charge in [-0.25, -0.2) is 0 Å². The van der Waals surface area contributed by atoms with Gasteiger partial charge in [0.05, 0.1) is 24.5 Å². The molecule has 3 nitrogen and oxygen atoms in total. The predicted molar refractivity (Wildman–Crippen MR) is 104 cm³/mol. The summed E-state index contributed by atoms with van der Waals surface area (Å²) in [6.45, 7) is 8.58. The Morgan fingerprint density at radius 2 is 1.54 bits per heavy atom. The van der Waals surface area contributed by atoms with Crippen LogP contribution in [0.4, 0.5) is 0 Å². The van der Waals surface area contributed by atoms with Crippen LogP contribution < -0.4 is 0 Å². The summed E-state index contributed by atoms with van der Waals surface area (Å²) < 4.78 is 4.89. The van der Waals surface area contributed by atoms with Gasteiger partial charge < -0.3 is 4.74 Å². The van der Waals surface area contributed by atoms with E-state index in [0.717, 1.165) is 24.0 Å². The van der Waals surface area contributed by atoms with Crippen molar-refractivity contribution in [2.75, 3.05) is 6.61 Å². The lowest BCUT2D eigenvalue weighted by Crippen LogP contribution is -2.08. The van der Waals surface area contributed by atoms with Crippen LogP contribution in [0.15, 0.2) is 42.5 Å². The van der Waals surface area contributed by atoms with E-state index in [-0.39, 0.29) is 11.4 Å². The number of hydrogen-bond acceptors (Lipinski definition) is 3. The van der Waals surface area contributed by atoms with Gasteiger partial charge in [-0.2, -0.15) is 5.26 Å². The van der Waals surface area contributed by atoms with Crippen LogP contribution in [0, 0.1) is 32.1 Å². The number of carbonyl (C=O) groups excluding carboxylic acids is 1. The fourth-order valence-corrected chi connectivity index (χ4v) is 3.11. The van der Waals surface area contributed by atoms with Crippen LogP contribution in [0.5, 0.6) is 0 Å². The molecule has 0 radical (unpaired) electrons. The van der Waals surface area contributed by atoms with E-state index in [9.17, 15) is 4.79 Å². The average molecular weight is 349 g/mol. The van der Waals surface area contributed by atoms with Gasteiger partial charge in [0.25, 0.3) is 0 Å². The zero-order valence-electron chi connectivity index (χ0n) is 16.1. The Hall–Kier alpha value is -2.60. The minimum absolute atomic E-state index is 0.207. The van der Waals surface area contributed by atoms with Gasteiger partial charge in [0, 0.05) is 0 Å². The second kappa shape index (κ2) is 8.67. The van der Waals surface area contributed by atoms with Gasteiger partial charge in [-0.1, -0.05) is 59.2 Å². The van der Waals surface area contributed by atoms with E-state index in [1.807, 2.05) is 24.3 Å². The summed E-state index contributed by atoms with van der Waals surface area (Å²) in [6, 6.07) is 16.6. The molecule has 0 spiro atoms. The molecule has 1 aliphatic rings. The number of rotatable bonds is 4. The topological polar surface area (TPSA) is 50.1 Å². The van der Waals surface area contributed by atoms with E-state index in [0.29, 0.717) is 13.0 Å². The molecule has 0 heterocycles. The Labute approximate surface area is 156 Å². The van der Waals surface area contributed by atoms with E-state index in [1.54, 1.807) is 6.92 Å². The van der Waals surface area contributed by atoms with Gasteiger partial charge in [0.15, 0.2) is 0 Å². The molecule has 0 atom stereocenters. The summed E-state index contributed by atoms with van der Waals surface area (Å²) in [5.74, 6) is -0.207. The van der Waals surface area contributed by atoms with Gasteiger partial charge in [0.1, 0.15) is 0 Å². The molecule has 3 heteroatoms. The lowest BCUT2D eigenvalue weighted by atomic mass is 9.96. The highest BCUT2D eigenvalue weighted by atomic mass is 16.5. The Balaban J connectivity index is 0.000000228. The van der Waals surface area contributed by atoms with Crippen molar-refractivity contribution in [2.24, 2.45) is 0 Å². The van der Waals surface area contributed by atoms with E-state index in [4.69, 9.17) is 10.00 Å². The third-order valence-corrected chi connectivity index (χ3v) is 4.49. The number of benzene rings is 2. The first-order chi connectivity index (χ1) is 12.4. The van der Waals surface area contributed by atoms with Crippen molar-refractivity contribution in [3.8, 4) is 6.07 Å². The minimum Gasteiger partial charge on any atom is -0.466 e. The number of nitriles is 1. The molecule has 0 unspecified atom stereocenters. The molecular formula is C23H27NO2. The average Bonchev–Trinajstić information content (AvgIpc) is 3.36. The third-order valence-electron chi connectivity index (χ3n) is 4.49. The highest BCUT2D eigenvalue weighted by Crippen LogP contribution is 2.47. The van der Waals surface area contributed by atoms with E-state index in [2.05, 4.69) is 45.0 Å². The Bertz CT molecular complexity index is 745. The third kappa shape index (κ3) is 5.46. The lowest BCUT2D eigenvalue weighted by molar-refractivity contribution is -0.142. The Morgan fingerprint density at radius 3 is 1.92 bits per heavy atom. The monoisotopic (exact) mass is 349 g/mol. The minimum atomic E-state index is -0.248. The van der Waals surface area contributed by atoms with Gasteiger partial charge in [-0.05, 0) is 51.7 Å². The van der Waals surface area contributed by atoms with Crippen LogP contribution in [0.1, 0.15) is 47.6 Å². The summed E-state index contributed by atoms with van der Waals surface area (Å²) in [7, 11) is 0. The highest BCUT2D eigenvalue weighted by molar-refractivity contribution is 5.72. The van der Waals surface area contributed by atoms with Crippen molar-refractivity contribution < 1.29 is 9.53 Å². The Morgan fingerprint density at radius 1 is 1.04 bits per heavy atom. The molecule has 0 N–H and O–H groups in total. The summed E-state index contributed by atoms with van der Waals surface area (Å²) in [5.41, 5.74) is 5.81. The molecule has 26 heavy (non-hydrogen) atoms.